The molecule has 3 aromatic rings. The van der Waals surface area contributed by atoms with Crippen molar-refractivity contribution in [2.24, 2.45) is 0 Å². The lowest BCUT2D eigenvalue weighted by Gasteiger charge is -2.37. The van der Waals surface area contributed by atoms with E-state index >= 15 is 0 Å². The molecule has 0 spiro atoms. The van der Waals surface area contributed by atoms with Gasteiger partial charge in [0.05, 0.1) is 24.5 Å². The SMILES string of the molecule is CN(C(=O)NCc1cn(-c2ccccc2)nn1)[C@@H]1CCCN(c2cccnn2)C1.[HH]. The summed E-state index contributed by atoms with van der Waals surface area (Å²) in [4.78, 5) is 16.6. The molecule has 1 aromatic carbocycles. The Hall–Kier alpha value is -3.49. The van der Waals surface area contributed by atoms with Gasteiger partial charge in [-0.15, -0.1) is 10.2 Å². The third-order valence-electron chi connectivity index (χ3n) is 5.13. The first kappa shape index (κ1) is 18.9. The fraction of sp³-hybridized carbons (Fsp3) is 0.350. The van der Waals surface area contributed by atoms with Gasteiger partial charge in [0.25, 0.3) is 0 Å². The molecule has 29 heavy (non-hydrogen) atoms. The van der Waals surface area contributed by atoms with E-state index in [1.807, 2.05) is 55.7 Å². The highest BCUT2D eigenvalue weighted by Crippen LogP contribution is 2.19. The van der Waals surface area contributed by atoms with Crippen molar-refractivity contribution in [3.05, 3.63) is 60.6 Å². The lowest BCUT2D eigenvalue weighted by Crippen LogP contribution is -2.51. The number of benzene rings is 1. The molecule has 152 valence electrons. The molecule has 1 fully saturated rings. The number of hydrogen-bond donors (Lipinski definition) is 1. The van der Waals surface area contributed by atoms with Gasteiger partial charge in [-0.1, -0.05) is 23.4 Å². The van der Waals surface area contributed by atoms with Crippen LogP contribution in [0.1, 0.15) is 20.0 Å². The van der Waals surface area contributed by atoms with E-state index in [4.69, 9.17) is 0 Å². The molecule has 9 nitrogen and oxygen atoms in total. The van der Waals surface area contributed by atoms with Crippen LogP contribution in [0.15, 0.2) is 54.9 Å². The number of rotatable bonds is 5. The van der Waals surface area contributed by atoms with E-state index in [1.54, 1.807) is 15.8 Å². The van der Waals surface area contributed by atoms with Gasteiger partial charge >= 0.3 is 6.03 Å². The van der Waals surface area contributed by atoms with E-state index in [1.165, 1.54) is 0 Å². The van der Waals surface area contributed by atoms with Crippen LogP contribution in [0.5, 0.6) is 0 Å². The van der Waals surface area contributed by atoms with Gasteiger partial charge in [-0.3, -0.25) is 0 Å². The van der Waals surface area contributed by atoms with Gasteiger partial charge in [0.15, 0.2) is 5.82 Å². The molecule has 2 amide bonds. The lowest BCUT2D eigenvalue weighted by molar-refractivity contribution is 0.182. The number of carbonyl (C=O) groups is 1. The molecule has 9 heteroatoms. The topological polar surface area (TPSA) is 92.1 Å². The Morgan fingerprint density at radius 1 is 1.24 bits per heavy atom. The second kappa shape index (κ2) is 8.68. The number of nitrogens with zero attached hydrogens (tertiary/aromatic N) is 7. The van der Waals surface area contributed by atoms with Crippen molar-refractivity contribution in [2.45, 2.75) is 25.4 Å². The molecule has 1 saturated heterocycles. The normalized spacial score (nSPS) is 16.4. The number of likely N-dealkylation sites (N-methyl/N-ethyl adjacent to an activating group) is 1. The van der Waals surface area contributed by atoms with E-state index in [0.717, 1.165) is 37.4 Å². The number of urea groups is 1. The standard InChI is InChI=1S/C20H24N8O.H2/c1-26(18-9-6-12-27(15-18)19-10-5-11-22-24-19)20(29)21-13-16-14-28(25-23-16)17-7-3-2-4-8-17;/h2-5,7-8,10-11,14,18H,6,9,12-13,15H2,1H3,(H,21,29);1H/t18-;/m1./s1. The summed E-state index contributed by atoms with van der Waals surface area (Å²) < 4.78 is 1.70. The zero-order valence-corrected chi connectivity index (χ0v) is 16.3. The molecule has 1 atom stereocenters. The van der Waals surface area contributed by atoms with Gasteiger partial charge in [-0.05, 0) is 37.1 Å². The minimum Gasteiger partial charge on any atom is -0.353 e. The molecule has 0 aliphatic carbocycles. The van der Waals surface area contributed by atoms with Crippen LogP contribution in [0.2, 0.25) is 0 Å². The molecule has 1 aliphatic rings. The average Bonchev–Trinajstić information content (AvgIpc) is 3.27. The monoisotopic (exact) mass is 394 g/mol. The van der Waals surface area contributed by atoms with Crippen molar-refractivity contribution in [3.63, 3.8) is 0 Å². The number of hydrogen-bond acceptors (Lipinski definition) is 6. The molecule has 0 bridgehead atoms. The van der Waals surface area contributed by atoms with E-state index in [9.17, 15) is 4.79 Å². The maximum absolute atomic E-state index is 12.6. The number of para-hydroxylation sites is 1. The Bertz CT molecular complexity index is 936. The van der Waals surface area contributed by atoms with Gasteiger partial charge < -0.3 is 15.1 Å². The number of piperidine rings is 1. The van der Waals surface area contributed by atoms with Crippen molar-refractivity contribution in [1.82, 2.24) is 35.4 Å². The van der Waals surface area contributed by atoms with Crippen molar-refractivity contribution < 1.29 is 6.22 Å². The highest BCUT2D eigenvalue weighted by atomic mass is 16.2. The second-order valence-corrected chi connectivity index (χ2v) is 7.08. The zero-order valence-electron chi connectivity index (χ0n) is 16.3. The zero-order chi connectivity index (χ0) is 20.1. The largest absolute Gasteiger partial charge is 0.353 e. The molecule has 1 N–H and O–H groups in total. The molecular weight excluding hydrogens is 368 g/mol. The van der Waals surface area contributed by atoms with Gasteiger partial charge in [-0.2, -0.15) is 5.10 Å². The Morgan fingerprint density at radius 3 is 2.90 bits per heavy atom. The summed E-state index contributed by atoms with van der Waals surface area (Å²) in [5, 5.41) is 19.3. The van der Waals surface area contributed by atoms with Crippen LogP contribution in [0, 0.1) is 0 Å². The molecular formula is C20H26N8O. The highest BCUT2D eigenvalue weighted by molar-refractivity contribution is 5.74. The third kappa shape index (κ3) is 4.50. The number of nitrogens with one attached hydrogen (secondary N) is 1. The van der Waals surface area contributed by atoms with Crippen LogP contribution in [-0.4, -0.2) is 62.3 Å². The first-order chi connectivity index (χ1) is 14.2. The van der Waals surface area contributed by atoms with Crippen LogP contribution in [0.3, 0.4) is 0 Å². The Morgan fingerprint density at radius 2 is 2.10 bits per heavy atom. The molecule has 0 radical (unpaired) electrons. The van der Waals surface area contributed by atoms with E-state index in [2.05, 4.69) is 30.7 Å². The van der Waals surface area contributed by atoms with Crippen molar-refractivity contribution in [1.29, 1.82) is 0 Å². The molecule has 2 aromatic heterocycles. The van der Waals surface area contributed by atoms with Crippen LogP contribution in [0.4, 0.5) is 10.6 Å². The Labute approximate surface area is 170 Å². The summed E-state index contributed by atoms with van der Waals surface area (Å²) in [6.07, 6.45) is 5.46. The Kier molecular flexibility index (Phi) is 5.64. The van der Waals surface area contributed by atoms with E-state index in [0.29, 0.717) is 12.2 Å². The number of carbonyl (C=O) groups excluding carboxylic acids is 1. The van der Waals surface area contributed by atoms with Gasteiger partial charge in [-0.25, -0.2) is 9.48 Å². The maximum atomic E-state index is 12.6. The summed E-state index contributed by atoms with van der Waals surface area (Å²) in [6, 6.07) is 13.6. The fourth-order valence-electron chi connectivity index (χ4n) is 3.48. The average molecular weight is 394 g/mol. The predicted molar refractivity (Wildman–Crippen MR) is 111 cm³/mol. The van der Waals surface area contributed by atoms with Gasteiger partial charge in [0.2, 0.25) is 0 Å². The van der Waals surface area contributed by atoms with Crippen LogP contribution < -0.4 is 10.2 Å². The number of amides is 2. The van der Waals surface area contributed by atoms with E-state index in [-0.39, 0.29) is 13.5 Å². The van der Waals surface area contributed by atoms with Gasteiger partial charge in [0.1, 0.15) is 5.69 Å². The summed E-state index contributed by atoms with van der Waals surface area (Å²) in [7, 11) is 1.83. The fourth-order valence-corrected chi connectivity index (χ4v) is 3.48. The highest BCUT2D eigenvalue weighted by Gasteiger charge is 2.26. The molecule has 0 saturated carbocycles. The predicted octanol–water partition coefficient (Wildman–Crippen LogP) is 2.11. The number of anilines is 1. The first-order valence-corrected chi connectivity index (χ1v) is 9.70. The number of aromatic nitrogens is 5. The summed E-state index contributed by atoms with van der Waals surface area (Å²) in [6.45, 7) is 2.00. The summed E-state index contributed by atoms with van der Waals surface area (Å²) in [5.74, 6) is 0.850. The first-order valence-electron chi connectivity index (χ1n) is 9.70. The molecule has 0 unspecified atom stereocenters. The van der Waals surface area contributed by atoms with Gasteiger partial charge in [0, 0.05) is 27.8 Å². The molecule has 3 heterocycles. The van der Waals surface area contributed by atoms with Crippen LogP contribution in [0.25, 0.3) is 5.69 Å². The molecule has 4 rings (SSSR count). The molecule has 1 aliphatic heterocycles. The third-order valence-corrected chi connectivity index (χ3v) is 5.13. The Balaban J connectivity index is 0.00000256. The summed E-state index contributed by atoms with van der Waals surface area (Å²) >= 11 is 0. The minimum absolute atomic E-state index is 0. The van der Waals surface area contributed by atoms with Crippen molar-refractivity contribution in [3.8, 4) is 5.69 Å². The van der Waals surface area contributed by atoms with Crippen LogP contribution >= 0.6 is 0 Å². The minimum atomic E-state index is -0.120. The van der Waals surface area contributed by atoms with E-state index < -0.39 is 0 Å². The van der Waals surface area contributed by atoms with Crippen molar-refractivity contribution in [2.75, 3.05) is 25.0 Å². The summed E-state index contributed by atoms with van der Waals surface area (Å²) in [5.41, 5.74) is 1.64. The smallest absolute Gasteiger partial charge is 0.317 e. The van der Waals surface area contributed by atoms with Crippen LogP contribution in [-0.2, 0) is 6.54 Å². The maximum Gasteiger partial charge on any atom is 0.317 e. The van der Waals surface area contributed by atoms with Crippen molar-refractivity contribution >= 4 is 11.8 Å². The lowest BCUT2D eigenvalue weighted by atomic mass is 10.0. The quantitative estimate of drug-likeness (QED) is 0.713. The second-order valence-electron chi connectivity index (χ2n) is 7.08.